The third-order valence-electron chi connectivity index (χ3n) is 5.69. The number of ether oxygens (including phenoxy) is 1. The number of halogens is 3. The molecule has 0 bridgehead atoms. The fraction of sp³-hybridized carbons (Fsp3) is 0.600. The number of aromatic nitrogens is 1. The molecule has 1 N–H and O–H groups in total. The fourth-order valence-electron chi connectivity index (χ4n) is 4.27. The molecule has 0 radical (unpaired) electrons. The highest BCUT2D eigenvalue weighted by Gasteiger charge is 2.46. The summed E-state index contributed by atoms with van der Waals surface area (Å²) in [6, 6.07) is 4.14. The Morgan fingerprint density at radius 3 is 2.55 bits per heavy atom. The highest BCUT2D eigenvalue weighted by Crippen LogP contribution is 2.33. The summed E-state index contributed by atoms with van der Waals surface area (Å²) in [5.74, 6) is -2.45. The maximum atomic E-state index is 12.7. The van der Waals surface area contributed by atoms with Gasteiger partial charge in [0.2, 0.25) is 5.91 Å². The Bertz CT molecular complexity index is 799. The van der Waals surface area contributed by atoms with Gasteiger partial charge in [-0.05, 0) is 37.3 Å². The summed E-state index contributed by atoms with van der Waals surface area (Å²) in [5.41, 5.74) is 1.04. The molecule has 2 amide bonds. The summed E-state index contributed by atoms with van der Waals surface area (Å²) >= 11 is 0. The van der Waals surface area contributed by atoms with E-state index in [-0.39, 0.29) is 30.0 Å². The van der Waals surface area contributed by atoms with Crippen LogP contribution in [0.3, 0.4) is 0 Å². The Morgan fingerprint density at radius 1 is 1.23 bits per heavy atom. The standard InChI is InChI=1S/C18H23N3O3.C2HF3O2/c22-17-6-5-14-15(21(17)12-13-3-1-8-19-11-13)7-9-20(14)18(23)16-4-2-10-24-16;3-2(4,5)1(6)7/h1,3,8,11,14-16H,2,4-7,9-10,12H2;(H,6,7)/t14-,15-,16?;/m0./s1. The van der Waals surface area contributed by atoms with Crippen molar-refractivity contribution < 1.29 is 37.4 Å². The van der Waals surface area contributed by atoms with Gasteiger partial charge in [-0.3, -0.25) is 14.6 Å². The minimum absolute atomic E-state index is 0.121. The lowest BCUT2D eigenvalue weighted by atomic mass is 9.95. The molecule has 0 spiro atoms. The van der Waals surface area contributed by atoms with Gasteiger partial charge in [-0.1, -0.05) is 6.07 Å². The van der Waals surface area contributed by atoms with Gasteiger partial charge in [0.1, 0.15) is 6.10 Å². The summed E-state index contributed by atoms with van der Waals surface area (Å²) in [7, 11) is 0. The number of likely N-dealkylation sites (tertiary alicyclic amines) is 2. The van der Waals surface area contributed by atoms with Gasteiger partial charge in [-0.2, -0.15) is 13.2 Å². The number of piperidine rings is 1. The maximum Gasteiger partial charge on any atom is 0.490 e. The second-order valence-electron chi connectivity index (χ2n) is 7.68. The van der Waals surface area contributed by atoms with Crippen molar-refractivity contribution in [2.45, 2.75) is 63.0 Å². The first kappa shape index (κ1) is 23.0. The molecule has 0 aliphatic carbocycles. The molecule has 3 aliphatic rings. The SMILES string of the molecule is O=C(O)C(F)(F)F.O=C1CC[C@H]2[C@H](CCN2C(=O)C2CCCO2)N1Cc1cccnc1. The minimum Gasteiger partial charge on any atom is -0.475 e. The van der Waals surface area contributed by atoms with Crippen LogP contribution in [0.4, 0.5) is 13.2 Å². The molecule has 1 aromatic rings. The molecule has 4 rings (SSSR count). The first-order valence-electron chi connectivity index (χ1n) is 10.1. The van der Waals surface area contributed by atoms with Crippen molar-refractivity contribution in [3.05, 3.63) is 30.1 Å². The summed E-state index contributed by atoms with van der Waals surface area (Å²) in [6.07, 6.45) is 2.11. The number of carboxylic acids is 1. The van der Waals surface area contributed by atoms with Gasteiger partial charge >= 0.3 is 12.1 Å². The molecule has 1 unspecified atom stereocenters. The summed E-state index contributed by atoms with van der Waals surface area (Å²) in [5, 5.41) is 7.12. The molecule has 3 fully saturated rings. The predicted octanol–water partition coefficient (Wildman–Crippen LogP) is 1.99. The number of carbonyl (C=O) groups is 3. The van der Waals surface area contributed by atoms with Crippen molar-refractivity contribution in [2.75, 3.05) is 13.2 Å². The van der Waals surface area contributed by atoms with Gasteiger partial charge in [-0.25, -0.2) is 4.79 Å². The number of pyridine rings is 1. The smallest absolute Gasteiger partial charge is 0.475 e. The van der Waals surface area contributed by atoms with E-state index >= 15 is 0 Å². The van der Waals surface area contributed by atoms with Gasteiger partial charge in [0, 0.05) is 38.5 Å². The van der Waals surface area contributed by atoms with Crippen molar-refractivity contribution >= 4 is 17.8 Å². The Kier molecular flexibility index (Phi) is 7.14. The van der Waals surface area contributed by atoms with Gasteiger partial charge in [0.05, 0.1) is 12.1 Å². The maximum absolute atomic E-state index is 12.7. The number of hydrogen-bond acceptors (Lipinski definition) is 5. The molecule has 4 heterocycles. The van der Waals surface area contributed by atoms with Crippen LogP contribution in [0.2, 0.25) is 0 Å². The average molecular weight is 443 g/mol. The second-order valence-corrected chi connectivity index (χ2v) is 7.68. The number of carboxylic acid groups (broad SMARTS) is 1. The Hall–Kier alpha value is -2.69. The Morgan fingerprint density at radius 2 is 1.97 bits per heavy atom. The molecule has 3 aliphatic heterocycles. The number of aliphatic carboxylic acids is 1. The number of hydrogen-bond donors (Lipinski definition) is 1. The van der Waals surface area contributed by atoms with E-state index in [1.54, 1.807) is 12.4 Å². The molecule has 8 nitrogen and oxygen atoms in total. The van der Waals surface area contributed by atoms with Crippen molar-refractivity contribution in [1.29, 1.82) is 0 Å². The van der Waals surface area contributed by atoms with Crippen molar-refractivity contribution in [3.8, 4) is 0 Å². The minimum atomic E-state index is -5.08. The van der Waals surface area contributed by atoms with Gasteiger partial charge in [0.25, 0.3) is 5.91 Å². The van der Waals surface area contributed by atoms with Gasteiger partial charge in [-0.15, -0.1) is 0 Å². The monoisotopic (exact) mass is 443 g/mol. The van der Waals surface area contributed by atoms with E-state index in [1.807, 2.05) is 21.9 Å². The molecular formula is C20H24F3N3O5. The van der Waals surface area contributed by atoms with E-state index in [0.29, 0.717) is 19.6 Å². The van der Waals surface area contributed by atoms with E-state index < -0.39 is 12.1 Å². The first-order valence-corrected chi connectivity index (χ1v) is 10.1. The van der Waals surface area contributed by atoms with E-state index in [0.717, 1.165) is 37.8 Å². The quantitative estimate of drug-likeness (QED) is 0.767. The largest absolute Gasteiger partial charge is 0.490 e. The molecule has 3 atom stereocenters. The number of rotatable bonds is 3. The van der Waals surface area contributed by atoms with Gasteiger partial charge in [0.15, 0.2) is 0 Å². The van der Waals surface area contributed by atoms with E-state index in [4.69, 9.17) is 14.6 Å². The number of carbonyl (C=O) groups excluding carboxylic acids is 2. The zero-order valence-electron chi connectivity index (χ0n) is 16.8. The molecular weight excluding hydrogens is 419 g/mol. The lowest BCUT2D eigenvalue weighted by Crippen LogP contribution is -2.54. The van der Waals surface area contributed by atoms with Crippen LogP contribution in [0.25, 0.3) is 0 Å². The summed E-state index contributed by atoms with van der Waals surface area (Å²) < 4.78 is 37.3. The highest BCUT2D eigenvalue weighted by atomic mass is 19.4. The number of alkyl halides is 3. The van der Waals surface area contributed by atoms with Crippen molar-refractivity contribution in [3.63, 3.8) is 0 Å². The molecule has 170 valence electrons. The van der Waals surface area contributed by atoms with Crippen molar-refractivity contribution in [2.24, 2.45) is 0 Å². The van der Waals surface area contributed by atoms with E-state index in [9.17, 15) is 22.8 Å². The number of amides is 2. The van der Waals surface area contributed by atoms with E-state index in [2.05, 4.69) is 4.98 Å². The zero-order chi connectivity index (χ0) is 22.6. The zero-order valence-corrected chi connectivity index (χ0v) is 16.8. The van der Waals surface area contributed by atoms with Crippen LogP contribution in [0.15, 0.2) is 24.5 Å². The van der Waals surface area contributed by atoms with Crippen LogP contribution in [-0.2, 0) is 25.7 Å². The second kappa shape index (κ2) is 9.63. The summed E-state index contributed by atoms with van der Waals surface area (Å²) in [4.78, 5) is 42.1. The molecule has 0 aromatic carbocycles. The predicted molar refractivity (Wildman–Crippen MR) is 101 cm³/mol. The molecule has 0 saturated carbocycles. The third kappa shape index (κ3) is 5.52. The summed E-state index contributed by atoms with van der Waals surface area (Å²) in [6.45, 7) is 1.99. The normalized spacial score (nSPS) is 25.6. The Balaban J connectivity index is 0.000000339. The number of fused-ring (bicyclic) bond motifs is 1. The third-order valence-corrected chi connectivity index (χ3v) is 5.69. The van der Waals surface area contributed by atoms with Crippen LogP contribution in [0.1, 0.15) is 37.7 Å². The fourth-order valence-corrected chi connectivity index (χ4v) is 4.27. The highest BCUT2D eigenvalue weighted by molar-refractivity contribution is 5.83. The van der Waals surface area contributed by atoms with Gasteiger partial charge < -0.3 is 19.6 Å². The van der Waals surface area contributed by atoms with Crippen LogP contribution >= 0.6 is 0 Å². The van der Waals surface area contributed by atoms with Crippen molar-refractivity contribution in [1.82, 2.24) is 14.8 Å². The van der Waals surface area contributed by atoms with Crippen LogP contribution in [0.5, 0.6) is 0 Å². The lowest BCUT2D eigenvalue weighted by molar-refractivity contribution is -0.192. The van der Waals surface area contributed by atoms with Crippen LogP contribution in [-0.4, -0.2) is 75.2 Å². The van der Waals surface area contributed by atoms with Crippen LogP contribution in [0, 0.1) is 0 Å². The lowest BCUT2D eigenvalue weighted by Gasteiger charge is -2.40. The van der Waals surface area contributed by atoms with Crippen LogP contribution < -0.4 is 0 Å². The molecule has 3 saturated heterocycles. The number of nitrogens with zero attached hydrogens (tertiary/aromatic N) is 3. The Labute approximate surface area is 177 Å². The van der Waals surface area contributed by atoms with E-state index in [1.165, 1.54) is 0 Å². The average Bonchev–Trinajstić information content (AvgIpc) is 3.40. The molecule has 31 heavy (non-hydrogen) atoms. The first-order chi connectivity index (χ1) is 14.7. The molecule has 1 aromatic heterocycles. The molecule has 11 heteroatoms. The topological polar surface area (TPSA) is 100 Å².